The van der Waals surface area contributed by atoms with Crippen molar-refractivity contribution >= 4 is 0 Å². The summed E-state index contributed by atoms with van der Waals surface area (Å²) in [5.74, 6) is 0. The summed E-state index contributed by atoms with van der Waals surface area (Å²) >= 11 is 0. The van der Waals surface area contributed by atoms with Gasteiger partial charge in [-0.1, -0.05) is 6.07 Å². The smallest absolute Gasteiger partial charge is 0.0681 e. The van der Waals surface area contributed by atoms with Gasteiger partial charge in [-0.05, 0) is 45.0 Å². The van der Waals surface area contributed by atoms with Gasteiger partial charge in [-0.15, -0.1) is 0 Å². The molecule has 1 aromatic rings. The van der Waals surface area contributed by atoms with Gasteiger partial charge in [0.25, 0.3) is 0 Å². The number of hydrogen-bond acceptors (Lipinski definition) is 4. The molecular weight excluding hydrogens is 252 g/mol. The number of piperidine rings is 1. The Morgan fingerprint density at radius 2 is 2.20 bits per heavy atom. The van der Waals surface area contributed by atoms with Crippen molar-refractivity contribution in [2.24, 2.45) is 5.41 Å². The first-order chi connectivity index (χ1) is 9.74. The molecule has 1 saturated carbocycles. The topological polar surface area (TPSA) is 45.6 Å². The molecule has 1 saturated heterocycles. The van der Waals surface area contributed by atoms with Crippen LogP contribution in [0.3, 0.4) is 0 Å². The third-order valence-corrected chi connectivity index (χ3v) is 5.01. The number of aliphatic hydroxyl groups is 1. The molecule has 2 unspecified atom stereocenters. The summed E-state index contributed by atoms with van der Waals surface area (Å²) in [7, 11) is 0. The van der Waals surface area contributed by atoms with Gasteiger partial charge < -0.3 is 9.84 Å². The van der Waals surface area contributed by atoms with E-state index in [9.17, 15) is 5.11 Å². The minimum Gasteiger partial charge on any atom is -0.392 e. The zero-order chi connectivity index (χ0) is 14.0. The number of likely N-dealkylation sites (tertiary alicyclic amines) is 1. The lowest BCUT2D eigenvalue weighted by Crippen LogP contribution is -2.62. The van der Waals surface area contributed by atoms with E-state index in [-0.39, 0.29) is 17.6 Å². The predicted molar refractivity (Wildman–Crippen MR) is 77.2 cm³/mol. The maximum absolute atomic E-state index is 10.2. The van der Waals surface area contributed by atoms with Crippen molar-refractivity contribution in [1.29, 1.82) is 0 Å². The molecule has 1 aromatic heterocycles. The molecule has 2 atom stereocenters. The SMILES string of the molecule is CCOC1CC(O)C12CCN(Cc1ccccn1)CC2. The molecule has 1 N–H and O–H groups in total. The number of nitrogens with zero attached hydrogens (tertiary/aromatic N) is 2. The average molecular weight is 276 g/mol. The monoisotopic (exact) mass is 276 g/mol. The zero-order valence-electron chi connectivity index (χ0n) is 12.2. The molecule has 4 heteroatoms. The molecule has 1 aliphatic carbocycles. The van der Waals surface area contributed by atoms with Gasteiger partial charge in [-0.25, -0.2) is 0 Å². The van der Waals surface area contributed by atoms with E-state index < -0.39 is 0 Å². The van der Waals surface area contributed by atoms with Gasteiger partial charge in [0.1, 0.15) is 0 Å². The first-order valence-electron chi connectivity index (χ1n) is 7.66. The van der Waals surface area contributed by atoms with Crippen LogP contribution in [0.2, 0.25) is 0 Å². The zero-order valence-corrected chi connectivity index (χ0v) is 12.2. The van der Waals surface area contributed by atoms with Crippen LogP contribution in [0.15, 0.2) is 24.4 Å². The van der Waals surface area contributed by atoms with E-state index in [4.69, 9.17) is 4.74 Å². The van der Waals surface area contributed by atoms with E-state index in [0.29, 0.717) is 0 Å². The highest BCUT2D eigenvalue weighted by Gasteiger charge is 2.55. The predicted octanol–water partition coefficient (Wildman–Crippen LogP) is 1.83. The van der Waals surface area contributed by atoms with Crippen LogP contribution in [0.1, 0.15) is 31.9 Å². The molecule has 2 heterocycles. The van der Waals surface area contributed by atoms with Crippen molar-refractivity contribution in [3.8, 4) is 0 Å². The Hall–Kier alpha value is -0.970. The minimum absolute atomic E-state index is 0.0244. The molecule has 110 valence electrons. The third kappa shape index (κ3) is 2.48. The van der Waals surface area contributed by atoms with Gasteiger partial charge in [-0.2, -0.15) is 0 Å². The van der Waals surface area contributed by atoms with E-state index in [1.807, 2.05) is 25.3 Å². The lowest BCUT2D eigenvalue weighted by Gasteiger charge is -2.56. The van der Waals surface area contributed by atoms with Gasteiger partial charge in [0.15, 0.2) is 0 Å². The number of hydrogen-bond donors (Lipinski definition) is 1. The first kappa shape index (κ1) is 14.0. The van der Waals surface area contributed by atoms with Gasteiger partial charge >= 0.3 is 0 Å². The summed E-state index contributed by atoms with van der Waals surface area (Å²) in [5.41, 5.74) is 1.15. The fraction of sp³-hybridized carbons (Fsp3) is 0.688. The molecular formula is C16H24N2O2. The maximum atomic E-state index is 10.2. The van der Waals surface area contributed by atoms with Crippen LogP contribution in [0.5, 0.6) is 0 Å². The molecule has 1 spiro atoms. The van der Waals surface area contributed by atoms with Crippen LogP contribution >= 0.6 is 0 Å². The van der Waals surface area contributed by atoms with E-state index in [1.165, 1.54) is 0 Å². The summed E-state index contributed by atoms with van der Waals surface area (Å²) in [6.07, 6.45) is 4.82. The molecule has 3 rings (SSSR count). The molecule has 0 bridgehead atoms. The second kappa shape index (κ2) is 5.80. The number of aliphatic hydroxyl groups excluding tert-OH is 1. The van der Waals surface area contributed by atoms with E-state index >= 15 is 0 Å². The maximum Gasteiger partial charge on any atom is 0.0681 e. The molecule has 2 aliphatic rings. The quantitative estimate of drug-likeness (QED) is 0.911. The van der Waals surface area contributed by atoms with E-state index in [2.05, 4.69) is 16.0 Å². The summed E-state index contributed by atoms with van der Waals surface area (Å²) in [6.45, 7) is 5.74. The third-order valence-electron chi connectivity index (χ3n) is 5.01. The summed E-state index contributed by atoms with van der Waals surface area (Å²) < 4.78 is 5.80. The Balaban J connectivity index is 1.56. The van der Waals surface area contributed by atoms with Crippen LogP contribution in [-0.2, 0) is 11.3 Å². The fourth-order valence-electron chi connectivity index (χ4n) is 3.66. The number of pyridine rings is 1. The largest absolute Gasteiger partial charge is 0.392 e. The lowest BCUT2D eigenvalue weighted by atomic mass is 9.58. The Kier molecular flexibility index (Phi) is 4.06. The Morgan fingerprint density at radius 1 is 1.40 bits per heavy atom. The summed E-state index contributed by atoms with van der Waals surface area (Å²) in [6, 6.07) is 6.06. The lowest BCUT2D eigenvalue weighted by molar-refractivity contribution is -0.209. The molecule has 4 nitrogen and oxygen atoms in total. The van der Waals surface area contributed by atoms with Crippen LogP contribution < -0.4 is 0 Å². The Morgan fingerprint density at radius 3 is 2.80 bits per heavy atom. The van der Waals surface area contributed by atoms with Gasteiger partial charge in [-0.3, -0.25) is 9.88 Å². The van der Waals surface area contributed by atoms with Crippen LogP contribution in [0.4, 0.5) is 0 Å². The molecule has 0 aromatic carbocycles. The highest BCUT2D eigenvalue weighted by Crippen LogP contribution is 2.50. The Bertz CT molecular complexity index is 427. The fourth-order valence-corrected chi connectivity index (χ4v) is 3.66. The highest BCUT2D eigenvalue weighted by molar-refractivity contribution is 5.08. The Labute approximate surface area is 120 Å². The molecule has 0 amide bonds. The molecule has 1 aliphatic heterocycles. The van der Waals surface area contributed by atoms with Gasteiger partial charge in [0.05, 0.1) is 17.9 Å². The number of aromatic nitrogens is 1. The van der Waals surface area contributed by atoms with E-state index in [1.54, 1.807) is 0 Å². The van der Waals surface area contributed by atoms with Crippen molar-refractivity contribution in [3.05, 3.63) is 30.1 Å². The van der Waals surface area contributed by atoms with Gasteiger partial charge in [0, 0.05) is 31.2 Å². The van der Waals surface area contributed by atoms with Crippen molar-refractivity contribution in [2.45, 2.75) is 44.9 Å². The summed E-state index contributed by atoms with van der Waals surface area (Å²) in [5, 5.41) is 10.2. The molecule has 20 heavy (non-hydrogen) atoms. The van der Waals surface area contributed by atoms with Crippen LogP contribution in [0.25, 0.3) is 0 Å². The van der Waals surface area contributed by atoms with Crippen LogP contribution in [0, 0.1) is 5.41 Å². The van der Waals surface area contributed by atoms with Gasteiger partial charge in [0.2, 0.25) is 0 Å². The van der Waals surface area contributed by atoms with Crippen molar-refractivity contribution < 1.29 is 9.84 Å². The second-order valence-corrected chi connectivity index (χ2v) is 6.03. The van der Waals surface area contributed by atoms with Crippen LogP contribution in [-0.4, -0.2) is 46.9 Å². The second-order valence-electron chi connectivity index (χ2n) is 6.03. The normalized spacial score (nSPS) is 29.3. The van der Waals surface area contributed by atoms with E-state index in [0.717, 1.165) is 51.2 Å². The van der Waals surface area contributed by atoms with Crippen molar-refractivity contribution in [3.63, 3.8) is 0 Å². The number of ether oxygens (including phenoxy) is 1. The standard InChI is InChI=1S/C16H24N2O2/c1-2-20-15-11-14(19)16(15)6-9-18(10-7-16)12-13-5-3-4-8-17-13/h3-5,8,14-15,19H,2,6-7,9-12H2,1H3. The summed E-state index contributed by atoms with van der Waals surface area (Å²) in [4.78, 5) is 6.82. The number of rotatable bonds is 4. The van der Waals surface area contributed by atoms with Crippen molar-refractivity contribution in [1.82, 2.24) is 9.88 Å². The average Bonchev–Trinajstić information content (AvgIpc) is 2.49. The molecule has 0 radical (unpaired) electrons. The highest BCUT2D eigenvalue weighted by atomic mass is 16.5. The molecule has 2 fully saturated rings. The van der Waals surface area contributed by atoms with Crippen molar-refractivity contribution in [2.75, 3.05) is 19.7 Å². The first-order valence-corrected chi connectivity index (χ1v) is 7.66. The minimum atomic E-state index is -0.170.